The van der Waals surface area contributed by atoms with E-state index in [1.165, 1.54) is 11.8 Å². The van der Waals surface area contributed by atoms with Crippen molar-refractivity contribution >= 4 is 28.7 Å². The van der Waals surface area contributed by atoms with Crippen LogP contribution in [0.2, 0.25) is 0 Å². The van der Waals surface area contributed by atoms with Crippen molar-refractivity contribution in [2.24, 2.45) is 0 Å². The molecule has 0 unspecified atom stereocenters. The standard InChI is InChI=1S/C25H19N7O.C4H9NO/c1-15-11-18(20-5-3-4-10-27-20)12-16(2)22(15)33-24-21-23(29-14-28-21)31-25(32-24)30-19-8-6-17(13-26)7-9-19;1-4(6)5(2)3/h3-12,14H,1-2H3,(H2,28,29,30,31,32);1-3H3. The molecular weight excluding hydrogens is 492 g/mol. The monoisotopic (exact) mass is 520 g/mol. The van der Waals surface area contributed by atoms with Crippen molar-refractivity contribution in [2.45, 2.75) is 20.8 Å². The van der Waals surface area contributed by atoms with Gasteiger partial charge < -0.3 is 19.9 Å². The predicted octanol–water partition coefficient (Wildman–Crippen LogP) is 5.53. The molecule has 0 spiro atoms. The molecule has 3 aromatic heterocycles. The summed E-state index contributed by atoms with van der Waals surface area (Å²) in [7, 11) is 3.45. The topological polar surface area (TPSA) is 133 Å². The number of aryl methyl sites for hydroxylation is 2. The van der Waals surface area contributed by atoms with E-state index in [0.717, 1.165) is 28.1 Å². The van der Waals surface area contributed by atoms with E-state index < -0.39 is 0 Å². The first-order valence-corrected chi connectivity index (χ1v) is 12.1. The van der Waals surface area contributed by atoms with Crippen LogP contribution in [-0.4, -0.2) is 49.8 Å². The van der Waals surface area contributed by atoms with Crippen LogP contribution in [0.25, 0.3) is 22.4 Å². The first-order chi connectivity index (χ1) is 18.7. The molecule has 0 atom stereocenters. The molecule has 0 saturated carbocycles. The Kier molecular flexibility index (Phi) is 8.12. The van der Waals surface area contributed by atoms with E-state index in [9.17, 15) is 4.79 Å². The van der Waals surface area contributed by atoms with Gasteiger partial charge in [-0.3, -0.25) is 9.78 Å². The van der Waals surface area contributed by atoms with E-state index in [1.54, 1.807) is 50.9 Å². The molecule has 196 valence electrons. The highest BCUT2D eigenvalue weighted by Crippen LogP contribution is 2.34. The minimum atomic E-state index is 0.0926. The van der Waals surface area contributed by atoms with Crippen molar-refractivity contribution in [2.75, 3.05) is 19.4 Å². The van der Waals surface area contributed by atoms with Gasteiger partial charge in [-0.25, -0.2) is 4.98 Å². The lowest BCUT2D eigenvalue weighted by molar-refractivity contribution is -0.126. The largest absolute Gasteiger partial charge is 0.436 e. The molecule has 0 aliphatic heterocycles. The zero-order valence-electron chi connectivity index (χ0n) is 22.4. The molecule has 0 aliphatic rings. The average molecular weight is 521 g/mol. The van der Waals surface area contributed by atoms with Gasteiger partial charge in [0.25, 0.3) is 5.88 Å². The molecule has 0 saturated heterocycles. The number of carbonyl (C=O) groups is 1. The van der Waals surface area contributed by atoms with E-state index in [1.807, 2.05) is 44.2 Å². The van der Waals surface area contributed by atoms with Crippen molar-refractivity contribution in [1.82, 2.24) is 29.8 Å². The average Bonchev–Trinajstić information content (AvgIpc) is 3.41. The lowest BCUT2D eigenvalue weighted by atomic mass is 10.0. The SMILES string of the molecule is CC(=O)N(C)C.Cc1cc(-c2ccccn2)cc(C)c1Oc1nc(Nc2ccc(C#N)cc2)nc2nc[nH]c12. The van der Waals surface area contributed by atoms with Crippen LogP contribution in [0.4, 0.5) is 11.6 Å². The normalized spacial score (nSPS) is 10.3. The fourth-order valence-electron chi connectivity index (χ4n) is 3.58. The summed E-state index contributed by atoms with van der Waals surface area (Å²) in [5.74, 6) is 1.52. The third-order valence-electron chi connectivity index (χ3n) is 5.77. The highest BCUT2D eigenvalue weighted by atomic mass is 16.5. The maximum atomic E-state index is 10.1. The highest BCUT2D eigenvalue weighted by molar-refractivity contribution is 5.78. The lowest BCUT2D eigenvalue weighted by Gasteiger charge is -2.14. The van der Waals surface area contributed by atoms with Crippen LogP contribution >= 0.6 is 0 Å². The Hall–Kier alpha value is -5.30. The number of H-pyrrole nitrogens is 1. The third-order valence-corrected chi connectivity index (χ3v) is 5.77. The Morgan fingerprint density at radius 2 is 1.72 bits per heavy atom. The molecule has 1 amide bonds. The molecule has 39 heavy (non-hydrogen) atoms. The number of nitriles is 1. The molecule has 0 bridgehead atoms. The van der Waals surface area contributed by atoms with Crippen LogP contribution in [0.1, 0.15) is 23.6 Å². The summed E-state index contributed by atoms with van der Waals surface area (Å²) >= 11 is 0. The Balaban J connectivity index is 0.000000531. The number of nitrogens with one attached hydrogen (secondary N) is 2. The fourth-order valence-corrected chi connectivity index (χ4v) is 3.58. The second-order valence-corrected chi connectivity index (χ2v) is 8.94. The highest BCUT2D eigenvalue weighted by Gasteiger charge is 2.16. The van der Waals surface area contributed by atoms with Gasteiger partial charge in [0.1, 0.15) is 11.3 Å². The van der Waals surface area contributed by atoms with E-state index >= 15 is 0 Å². The molecule has 2 aromatic carbocycles. The van der Waals surface area contributed by atoms with Gasteiger partial charge in [0.2, 0.25) is 11.9 Å². The number of carbonyl (C=O) groups excluding carboxylic acids is 1. The number of aromatic nitrogens is 5. The fraction of sp³-hybridized carbons (Fsp3) is 0.172. The molecule has 5 rings (SSSR count). The maximum absolute atomic E-state index is 10.1. The smallest absolute Gasteiger partial charge is 0.250 e. The second kappa shape index (κ2) is 11.8. The van der Waals surface area contributed by atoms with Crippen LogP contribution in [0.15, 0.2) is 67.1 Å². The number of rotatable bonds is 5. The molecule has 10 nitrogen and oxygen atoms in total. The third kappa shape index (κ3) is 6.53. The van der Waals surface area contributed by atoms with Gasteiger partial charge in [0.05, 0.1) is 23.7 Å². The van der Waals surface area contributed by atoms with Gasteiger partial charge in [0, 0.05) is 38.5 Å². The number of hydrogen-bond donors (Lipinski definition) is 2. The number of hydrogen-bond acceptors (Lipinski definition) is 8. The molecule has 0 aliphatic carbocycles. The molecule has 5 aromatic rings. The molecule has 3 heterocycles. The van der Waals surface area contributed by atoms with Gasteiger partial charge >= 0.3 is 0 Å². The van der Waals surface area contributed by atoms with Crippen molar-refractivity contribution in [1.29, 1.82) is 5.26 Å². The number of benzene rings is 2. The minimum absolute atomic E-state index is 0.0926. The zero-order chi connectivity index (χ0) is 27.9. The molecule has 0 radical (unpaired) electrons. The summed E-state index contributed by atoms with van der Waals surface area (Å²) in [5.41, 5.74) is 6.27. The number of imidazole rings is 1. The van der Waals surface area contributed by atoms with Crippen molar-refractivity contribution in [3.05, 3.63) is 83.8 Å². The predicted molar refractivity (Wildman–Crippen MR) is 150 cm³/mol. The number of aromatic amines is 1. The van der Waals surface area contributed by atoms with Crippen LogP contribution in [0, 0.1) is 25.2 Å². The summed E-state index contributed by atoms with van der Waals surface area (Å²) in [6, 6.07) is 19.1. The summed E-state index contributed by atoms with van der Waals surface area (Å²) in [4.78, 5) is 32.4. The second-order valence-electron chi connectivity index (χ2n) is 8.94. The summed E-state index contributed by atoms with van der Waals surface area (Å²) in [6.07, 6.45) is 3.34. The van der Waals surface area contributed by atoms with Crippen LogP contribution < -0.4 is 10.1 Å². The Morgan fingerprint density at radius 1 is 1.03 bits per heavy atom. The first-order valence-electron chi connectivity index (χ1n) is 12.1. The minimum Gasteiger partial charge on any atom is -0.436 e. The number of ether oxygens (including phenoxy) is 1. The van der Waals surface area contributed by atoms with Crippen LogP contribution in [0.5, 0.6) is 11.6 Å². The van der Waals surface area contributed by atoms with Gasteiger partial charge in [-0.2, -0.15) is 15.2 Å². The number of fused-ring (bicyclic) bond motifs is 1. The van der Waals surface area contributed by atoms with Crippen LogP contribution in [0.3, 0.4) is 0 Å². The van der Waals surface area contributed by atoms with Gasteiger partial charge in [0.15, 0.2) is 5.65 Å². The Labute approximate surface area is 226 Å². The van der Waals surface area contributed by atoms with E-state index in [2.05, 4.69) is 36.3 Å². The zero-order valence-corrected chi connectivity index (χ0v) is 22.4. The lowest BCUT2D eigenvalue weighted by Crippen LogP contribution is -2.17. The first kappa shape index (κ1) is 26.8. The Morgan fingerprint density at radius 3 is 2.31 bits per heavy atom. The molecular formula is C29H28N8O2. The quantitative estimate of drug-likeness (QED) is 0.309. The summed E-state index contributed by atoms with van der Waals surface area (Å²) in [6.45, 7) is 5.52. The Bertz CT molecular complexity index is 1620. The van der Waals surface area contributed by atoms with E-state index in [4.69, 9.17) is 10.00 Å². The van der Waals surface area contributed by atoms with E-state index in [0.29, 0.717) is 34.3 Å². The summed E-state index contributed by atoms with van der Waals surface area (Å²) < 4.78 is 6.29. The molecule has 0 fully saturated rings. The number of pyridine rings is 1. The molecule has 10 heteroatoms. The van der Waals surface area contributed by atoms with Crippen molar-refractivity contribution in [3.8, 4) is 29.0 Å². The summed E-state index contributed by atoms with van der Waals surface area (Å²) in [5, 5.41) is 12.1. The number of amides is 1. The van der Waals surface area contributed by atoms with Gasteiger partial charge in [-0.05, 0) is 73.5 Å². The van der Waals surface area contributed by atoms with Gasteiger partial charge in [-0.15, -0.1) is 0 Å². The van der Waals surface area contributed by atoms with Crippen molar-refractivity contribution in [3.63, 3.8) is 0 Å². The number of anilines is 2. The maximum Gasteiger partial charge on any atom is 0.250 e. The van der Waals surface area contributed by atoms with Crippen LogP contribution in [-0.2, 0) is 4.79 Å². The van der Waals surface area contributed by atoms with Gasteiger partial charge in [-0.1, -0.05) is 6.07 Å². The molecule has 2 N–H and O–H groups in total. The number of nitrogens with zero attached hydrogens (tertiary/aromatic N) is 6. The van der Waals surface area contributed by atoms with E-state index in [-0.39, 0.29) is 5.91 Å². The van der Waals surface area contributed by atoms with Crippen molar-refractivity contribution < 1.29 is 9.53 Å².